The number of sulfonamides is 1. The molecule has 2 N–H and O–H groups in total. The lowest BCUT2D eigenvalue weighted by molar-refractivity contribution is 0.340. The van der Waals surface area contributed by atoms with Crippen molar-refractivity contribution in [2.24, 2.45) is 5.92 Å². The molecule has 170 valence electrons. The van der Waals surface area contributed by atoms with E-state index in [4.69, 9.17) is 16.3 Å². The van der Waals surface area contributed by atoms with Crippen molar-refractivity contribution in [2.45, 2.75) is 30.2 Å². The van der Waals surface area contributed by atoms with E-state index in [1.165, 1.54) is 5.56 Å². The lowest BCUT2D eigenvalue weighted by Gasteiger charge is -2.37. The van der Waals surface area contributed by atoms with Gasteiger partial charge in [-0.15, -0.1) is 0 Å². The molecule has 0 saturated carbocycles. The van der Waals surface area contributed by atoms with Gasteiger partial charge in [0, 0.05) is 16.6 Å². The first-order valence-electron chi connectivity index (χ1n) is 11.0. The van der Waals surface area contributed by atoms with Crippen LogP contribution in [0.4, 0.5) is 11.4 Å². The van der Waals surface area contributed by atoms with Crippen LogP contribution in [0.15, 0.2) is 83.8 Å². The molecule has 5 nitrogen and oxygen atoms in total. The highest BCUT2D eigenvalue weighted by Crippen LogP contribution is 2.50. The summed E-state index contributed by atoms with van der Waals surface area (Å²) >= 11 is 6.01. The summed E-state index contributed by atoms with van der Waals surface area (Å²) in [6.45, 7) is 2.61. The van der Waals surface area contributed by atoms with Crippen LogP contribution in [-0.4, -0.2) is 15.0 Å². The average molecular weight is 481 g/mol. The van der Waals surface area contributed by atoms with Gasteiger partial charge in [0.2, 0.25) is 0 Å². The summed E-state index contributed by atoms with van der Waals surface area (Å²) in [5, 5.41) is 4.13. The normalized spacial score (nSPS) is 21.1. The molecule has 0 aromatic heterocycles. The standard InChI is InChI=1S/C26H25ClN2O3S/c1-2-32-20-11-9-17(10-12-20)26-23-8-4-7-22(23)24-16-21(13-14-25(24)28-26)33(30,31)29-19-6-3-5-18(27)15-19/h3-7,9-16,22-23,26,28-29H,2,8H2,1H3/t22-,23+,26+/m0/s1. The van der Waals surface area contributed by atoms with Gasteiger partial charge in [-0.2, -0.15) is 0 Å². The SMILES string of the molecule is CCOc1ccc([C@H]2Nc3ccc(S(=O)(=O)Nc4cccc(Cl)c4)cc3[C@H]3C=CC[C@H]32)cc1. The van der Waals surface area contributed by atoms with Gasteiger partial charge < -0.3 is 10.1 Å². The third kappa shape index (κ3) is 4.33. The maximum absolute atomic E-state index is 13.1. The Kier molecular flexibility index (Phi) is 5.81. The number of nitrogens with one attached hydrogen (secondary N) is 2. The number of hydrogen-bond donors (Lipinski definition) is 2. The second kappa shape index (κ2) is 8.76. The molecule has 3 aromatic carbocycles. The van der Waals surface area contributed by atoms with Crippen molar-refractivity contribution in [3.05, 3.63) is 95.0 Å². The molecule has 0 fully saturated rings. The van der Waals surface area contributed by atoms with E-state index < -0.39 is 10.0 Å². The summed E-state index contributed by atoms with van der Waals surface area (Å²) in [4.78, 5) is 0.238. The van der Waals surface area contributed by atoms with Crippen LogP contribution >= 0.6 is 11.6 Å². The van der Waals surface area contributed by atoms with Crippen LogP contribution in [0.1, 0.15) is 36.4 Å². The van der Waals surface area contributed by atoms with E-state index >= 15 is 0 Å². The Morgan fingerprint density at radius 2 is 1.91 bits per heavy atom. The Bertz CT molecular complexity index is 1310. The minimum Gasteiger partial charge on any atom is -0.494 e. The van der Waals surface area contributed by atoms with Gasteiger partial charge in [-0.05, 0) is 78.9 Å². The lowest BCUT2D eigenvalue weighted by atomic mass is 9.77. The summed E-state index contributed by atoms with van der Waals surface area (Å²) < 4.78 is 34.3. The van der Waals surface area contributed by atoms with Crippen molar-refractivity contribution in [1.29, 1.82) is 0 Å². The predicted octanol–water partition coefficient (Wildman–Crippen LogP) is 6.37. The number of allylic oxidation sites excluding steroid dienone is 2. The quantitative estimate of drug-likeness (QED) is 0.402. The molecule has 0 spiro atoms. The predicted molar refractivity (Wildman–Crippen MR) is 133 cm³/mol. The second-order valence-corrected chi connectivity index (χ2v) is 10.5. The number of ether oxygens (including phenoxy) is 1. The van der Waals surface area contributed by atoms with Crippen LogP contribution in [0.2, 0.25) is 5.02 Å². The van der Waals surface area contributed by atoms with Gasteiger partial charge in [0.15, 0.2) is 0 Å². The third-order valence-corrected chi connectivity index (χ3v) is 7.89. The number of rotatable bonds is 6. The highest BCUT2D eigenvalue weighted by molar-refractivity contribution is 7.92. The Morgan fingerprint density at radius 1 is 1.09 bits per heavy atom. The molecule has 33 heavy (non-hydrogen) atoms. The number of fused-ring (bicyclic) bond motifs is 3. The first kappa shape index (κ1) is 21.9. The molecule has 3 atom stereocenters. The molecule has 7 heteroatoms. The smallest absolute Gasteiger partial charge is 0.261 e. The fourth-order valence-electron chi connectivity index (χ4n) is 4.77. The maximum Gasteiger partial charge on any atom is 0.261 e. The summed E-state index contributed by atoms with van der Waals surface area (Å²) in [5.74, 6) is 1.33. The molecule has 1 aliphatic heterocycles. The van der Waals surface area contributed by atoms with Crippen molar-refractivity contribution in [3.63, 3.8) is 0 Å². The first-order chi connectivity index (χ1) is 15.9. The number of anilines is 2. The Hall–Kier alpha value is -2.96. The van der Waals surface area contributed by atoms with Crippen molar-refractivity contribution in [2.75, 3.05) is 16.6 Å². The molecule has 0 bridgehead atoms. The molecule has 2 aliphatic rings. The Labute approximate surface area is 199 Å². The van der Waals surface area contributed by atoms with Crippen molar-refractivity contribution in [1.82, 2.24) is 0 Å². The Balaban J connectivity index is 1.45. The van der Waals surface area contributed by atoms with Gasteiger partial charge in [0.25, 0.3) is 10.0 Å². The minimum atomic E-state index is -3.74. The van der Waals surface area contributed by atoms with Crippen LogP contribution in [-0.2, 0) is 10.0 Å². The third-order valence-electron chi connectivity index (χ3n) is 6.27. The van der Waals surface area contributed by atoms with Gasteiger partial charge in [-0.1, -0.05) is 42.0 Å². The van der Waals surface area contributed by atoms with Crippen LogP contribution in [0.5, 0.6) is 5.75 Å². The zero-order chi connectivity index (χ0) is 23.0. The zero-order valence-electron chi connectivity index (χ0n) is 18.2. The molecular formula is C26H25ClN2O3S. The van der Waals surface area contributed by atoms with Crippen molar-refractivity contribution < 1.29 is 13.2 Å². The van der Waals surface area contributed by atoms with E-state index in [0.29, 0.717) is 23.2 Å². The molecule has 3 aromatic rings. The van der Waals surface area contributed by atoms with Crippen LogP contribution in [0, 0.1) is 5.92 Å². The van der Waals surface area contributed by atoms with E-state index in [1.54, 1.807) is 36.4 Å². The summed E-state index contributed by atoms with van der Waals surface area (Å²) in [7, 11) is -3.74. The van der Waals surface area contributed by atoms with Crippen LogP contribution < -0.4 is 14.8 Å². The van der Waals surface area contributed by atoms with Gasteiger partial charge in [-0.3, -0.25) is 4.72 Å². The fraction of sp³-hybridized carbons (Fsp3) is 0.231. The number of hydrogen-bond acceptors (Lipinski definition) is 4. The number of benzene rings is 3. The Morgan fingerprint density at radius 3 is 2.67 bits per heavy atom. The molecule has 5 rings (SSSR count). The highest BCUT2D eigenvalue weighted by Gasteiger charge is 2.38. The maximum atomic E-state index is 13.1. The van der Waals surface area contributed by atoms with Crippen molar-refractivity contribution in [3.8, 4) is 5.75 Å². The van der Waals surface area contributed by atoms with Crippen LogP contribution in [0.3, 0.4) is 0 Å². The van der Waals surface area contributed by atoms with Gasteiger partial charge in [0.1, 0.15) is 5.75 Å². The van der Waals surface area contributed by atoms with E-state index in [1.807, 2.05) is 25.1 Å². The molecule has 0 radical (unpaired) electrons. The average Bonchev–Trinajstić information content (AvgIpc) is 3.29. The zero-order valence-corrected chi connectivity index (χ0v) is 19.7. The summed E-state index contributed by atoms with van der Waals surface area (Å²) in [6, 6.07) is 20.4. The monoisotopic (exact) mass is 480 g/mol. The van der Waals surface area contributed by atoms with Crippen molar-refractivity contribution >= 4 is 33.0 Å². The van der Waals surface area contributed by atoms with E-state index in [2.05, 4.69) is 34.3 Å². The second-order valence-electron chi connectivity index (χ2n) is 8.34. The summed E-state index contributed by atoms with van der Waals surface area (Å²) in [5.41, 5.74) is 3.60. The lowest BCUT2D eigenvalue weighted by Crippen LogP contribution is -2.29. The largest absolute Gasteiger partial charge is 0.494 e. The minimum absolute atomic E-state index is 0.139. The molecule has 0 amide bonds. The highest BCUT2D eigenvalue weighted by atomic mass is 35.5. The van der Waals surface area contributed by atoms with E-state index in [9.17, 15) is 8.42 Å². The molecule has 1 aliphatic carbocycles. The molecule has 1 heterocycles. The van der Waals surface area contributed by atoms with Gasteiger partial charge in [-0.25, -0.2) is 8.42 Å². The number of halogens is 1. The summed E-state index contributed by atoms with van der Waals surface area (Å²) in [6.07, 6.45) is 5.33. The van der Waals surface area contributed by atoms with Crippen LogP contribution in [0.25, 0.3) is 0 Å². The molecule has 0 unspecified atom stereocenters. The first-order valence-corrected chi connectivity index (χ1v) is 12.9. The van der Waals surface area contributed by atoms with E-state index in [0.717, 1.165) is 23.4 Å². The van der Waals surface area contributed by atoms with E-state index in [-0.39, 0.29) is 16.9 Å². The molecular weight excluding hydrogens is 456 g/mol. The topological polar surface area (TPSA) is 67.4 Å². The van der Waals surface area contributed by atoms with Gasteiger partial charge in [0.05, 0.1) is 23.2 Å². The van der Waals surface area contributed by atoms with Gasteiger partial charge >= 0.3 is 0 Å². The molecule has 0 saturated heterocycles. The fourth-order valence-corrected chi connectivity index (χ4v) is 6.05.